The van der Waals surface area contributed by atoms with E-state index in [9.17, 15) is 13.0 Å². The van der Waals surface area contributed by atoms with E-state index < -0.39 is 10.1 Å². The normalized spacial score (nSPS) is 12.3. The molecule has 0 spiro atoms. The first-order valence-electron chi connectivity index (χ1n) is 7.34. The number of rotatable bonds is 9. The summed E-state index contributed by atoms with van der Waals surface area (Å²) >= 11 is 0. The predicted molar refractivity (Wildman–Crippen MR) is 85.6 cm³/mol. The Balaban J connectivity index is 2.76. The van der Waals surface area contributed by atoms with Gasteiger partial charge in [0.05, 0.1) is 29.8 Å². The van der Waals surface area contributed by atoms with E-state index in [0.717, 1.165) is 29.7 Å². The van der Waals surface area contributed by atoms with Gasteiger partial charge < -0.3 is 9.04 Å². The summed E-state index contributed by atoms with van der Waals surface area (Å²) in [5.74, 6) is -0.275. The van der Waals surface area contributed by atoms with Gasteiger partial charge in [0.15, 0.2) is 0 Å². The van der Waals surface area contributed by atoms with E-state index in [2.05, 4.69) is 32.6 Å². The molecule has 21 heavy (non-hydrogen) atoms. The highest BCUT2D eigenvalue weighted by Crippen LogP contribution is 2.17. The highest BCUT2D eigenvalue weighted by molar-refractivity contribution is 7.85. The Morgan fingerprint density at radius 1 is 1.19 bits per heavy atom. The van der Waals surface area contributed by atoms with E-state index in [1.165, 1.54) is 5.56 Å². The van der Waals surface area contributed by atoms with Crippen LogP contribution in [0.15, 0.2) is 30.8 Å². The summed E-state index contributed by atoms with van der Waals surface area (Å²) in [5.41, 5.74) is 2.30. The molecule has 0 N–H and O–H groups in total. The first kappa shape index (κ1) is 17.9. The second-order valence-electron chi connectivity index (χ2n) is 5.42. The number of hydrogen-bond acceptors (Lipinski definition) is 3. The maximum absolute atomic E-state index is 10.8. The summed E-state index contributed by atoms with van der Waals surface area (Å²) in [4.78, 5) is 0. The number of nitrogens with zero attached hydrogens (tertiary/aromatic N) is 1. The van der Waals surface area contributed by atoms with Crippen LogP contribution in [0.4, 0.5) is 0 Å². The van der Waals surface area contributed by atoms with Crippen molar-refractivity contribution in [2.24, 2.45) is 0 Å². The first-order valence-corrected chi connectivity index (χ1v) is 8.92. The van der Waals surface area contributed by atoms with E-state index in [-0.39, 0.29) is 5.75 Å². The van der Waals surface area contributed by atoms with E-state index in [0.29, 0.717) is 13.0 Å². The fraction of sp³-hybridized carbons (Fsp3) is 0.500. The lowest BCUT2D eigenvalue weighted by atomic mass is 10.1. The van der Waals surface area contributed by atoms with Gasteiger partial charge in [-0.1, -0.05) is 36.9 Å². The number of quaternary nitrogens is 1. The molecule has 118 valence electrons. The summed E-state index contributed by atoms with van der Waals surface area (Å²) in [6.45, 7) is 11.3. The summed E-state index contributed by atoms with van der Waals surface area (Å²) in [6, 6.07) is 8.23. The molecule has 0 amide bonds. The molecule has 4 nitrogen and oxygen atoms in total. The number of hydrogen-bond donors (Lipinski definition) is 0. The minimum Gasteiger partial charge on any atom is -0.748 e. The third-order valence-electron chi connectivity index (χ3n) is 4.10. The van der Waals surface area contributed by atoms with E-state index >= 15 is 0 Å². The lowest BCUT2D eigenvalue weighted by Crippen LogP contribution is -2.48. The highest BCUT2D eigenvalue weighted by atomic mass is 32.2. The zero-order valence-electron chi connectivity index (χ0n) is 12.9. The van der Waals surface area contributed by atoms with Crippen LogP contribution in [-0.4, -0.2) is 42.8 Å². The smallest absolute Gasteiger partial charge is 0.104 e. The first-order chi connectivity index (χ1) is 9.84. The van der Waals surface area contributed by atoms with Gasteiger partial charge in [-0.15, -0.1) is 0 Å². The molecule has 5 heteroatoms. The standard InChI is InChI=1S/C16H25NO3S/c1-4-15-8-10-16(11-9-15)14-17(5-2,6-3)12-7-13-21(18,19)20/h4,8-11H,1,5-7,12-14H2,2-3H3. The Bertz CT molecular complexity index is 545. The largest absolute Gasteiger partial charge is 0.748 e. The molecule has 1 aromatic carbocycles. The Morgan fingerprint density at radius 2 is 1.76 bits per heavy atom. The molecule has 0 atom stereocenters. The molecule has 0 fully saturated rings. The molecule has 0 aliphatic rings. The highest BCUT2D eigenvalue weighted by Gasteiger charge is 2.23. The fourth-order valence-electron chi connectivity index (χ4n) is 2.57. The summed E-state index contributed by atoms with van der Waals surface area (Å²) in [6.07, 6.45) is 2.23. The van der Waals surface area contributed by atoms with E-state index in [4.69, 9.17) is 0 Å². The monoisotopic (exact) mass is 311 g/mol. The second-order valence-corrected chi connectivity index (χ2v) is 6.94. The van der Waals surface area contributed by atoms with Crippen LogP contribution in [-0.2, 0) is 16.7 Å². The number of benzene rings is 1. The average molecular weight is 311 g/mol. The zero-order chi connectivity index (χ0) is 15.9. The molecule has 0 heterocycles. The van der Waals surface area contributed by atoms with Crippen molar-refractivity contribution in [1.82, 2.24) is 0 Å². The van der Waals surface area contributed by atoms with Gasteiger partial charge in [0.2, 0.25) is 0 Å². The van der Waals surface area contributed by atoms with Gasteiger partial charge in [-0.25, -0.2) is 8.42 Å². The molecule has 0 saturated carbocycles. The van der Waals surface area contributed by atoms with Gasteiger partial charge in [0.25, 0.3) is 0 Å². The summed E-state index contributed by atoms with van der Waals surface area (Å²) in [7, 11) is -4.12. The van der Waals surface area contributed by atoms with Gasteiger partial charge in [-0.05, 0) is 19.4 Å². The Kier molecular flexibility index (Phi) is 6.58. The van der Waals surface area contributed by atoms with Crippen LogP contribution in [0.25, 0.3) is 6.08 Å². The Hall–Kier alpha value is -1.17. The van der Waals surface area contributed by atoms with Crippen molar-refractivity contribution in [1.29, 1.82) is 0 Å². The van der Waals surface area contributed by atoms with E-state index in [1.54, 1.807) is 0 Å². The summed E-state index contributed by atoms with van der Waals surface area (Å²) in [5, 5.41) is 0. The minimum absolute atomic E-state index is 0.275. The minimum atomic E-state index is -4.12. The Morgan fingerprint density at radius 3 is 2.19 bits per heavy atom. The third-order valence-corrected chi connectivity index (χ3v) is 4.89. The van der Waals surface area contributed by atoms with Gasteiger partial charge >= 0.3 is 0 Å². The van der Waals surface area contributed by atoms with Crippen LogP contribution >= 0.6 is 0 Å². The predicted octanol–water partition coefficient (Wildman–Crippen LogP) is 2.62. The molecular formula is C16H25NO3S. The van der Waals surface area contributed by atoms with Gasteiger partial charge in [-0.3, -0.25) is 0 Å². The van der Waals surface area contributed by atoms with Crippen LogP contribution in [0.2, 0.25) is 0 Å². The molecule has 0 bridgehead atoms. The van der Waals surface area contributed by atoms with Crippen LogP contribution in [0, 0.1) is 0 Å². The third kappa shape index (κ3) is 5.99. The molecule has 0 aliphatic carbocycles. The molecule has 1 rings (SSSR count). The second kappa shape index (κ2) is 7.73. The lowest BCUT2D eigenvalue weighted by molar-refractivity contribution is -0.937. The van der Waals surface area contributed by atoms with Crippen molar-refractivity contribution in [3.63, 3.8) is 0 Å². The van der Waals surface area contributed by atoms with Gasteiger partial charge in [0, 0.05) is 17.7 Å². The topological polar surface area (TPSA) is 57.2 Å². The van der Waals surface area contributed by atoms with Crippen LogP contribution in [0.5, 0.6) is 0 Å². The van der Waals surface area contributed by atoms with Crippen molar-refractivity contribution in [2.75, 3.05) is 25.4 Å². The van der Waals surface area contributed by atoms with Gasteiger partial charge in [-0.2, -0.15) is 0 Å². The van der Waals surface area contributed by atoms with Gasteiger partial charge in [0.1, 0.15) is 6.54 Å². The SMILES string of the molecule is C=Cc1ccc(C[N+](CC)(CC)CCCS(=O)(=O)[O-])cc1. The van der Waals surface area contributed by atoms with Crippen LogP contribution < -0.4 is 0 Å². The molecule has 0 radical (unpaired) electrons. The van der Waals surface area contributed by atoms with Crippen LogP contribution in [0.3, 0.4) is 0 Å². The molecule has 1 aromatic rings. The lowest BCUT2D eigenvalue weighted by Gasteiger charge is -2.37. The van der Waals surface area contributed by atoms with Crippen LogP contribution in [0.1, 0.15) is 31.4 Å². The van der Waals surface area contributed by atoms with Crippen molar-refractivity contribution >= 4 is 16.2 Å². The Labute approximate surface area is 128 Å². The van der Waals surface area contributed by atoms with Crippen molar-refractivity contribution in [3.05, 3.63) is 42.0 Å². The van der Waals surface area contributed by atoms with Crippen molar-refractivity contribution < 1.29 is 17.5 Å². The summed E-state index contributed by atoms with van der Waals surface area (Å²) < 4.78 is 33.0. The molecule has 0 aromatic heterocycles. The average Bonchev–Trinajstić information content (AvgIpc) is 2.45. The maximum Gasteiger partial charge on any atom is 0.104 e. The molecule has 0 aliphatic heterocycles. The molecular weight excluding hydrogens is 286 g/mol. The quantitative estimate of drug-likeness (QED) is 0.520. The van der Waals surface area contributed by atoms with Crippen molar-refractivity contribution in [3.8, 4) is 0 Å². The maximum atomic E-state index is 10.8. The van der Waals surface area contributed by atoms with Crippen molar-refractivity contribution in [2.45, 2.75) is 26.8 Å². The zero-order valence-corrected chi connectivity index (χ0v) is 13.7. The molecule has 0 saturated heterocycles. The van der Waals surface area contributed by atoms with E-state index in [1.807, 2.05) is 18.2 Å². The molecule has 0 unspecified atom stereocenters. The fourth-order valence-corrected chi connectivity index (χ4v) is 3.05.